The van der Waals surface area contributed by atoms with Gasteiger partial charge in [-0.2, -0.15) is 13.2 Å². The summed E-state index contributed by atoms with van der Waals surface area (Å²) in [6.45, 7) is -0.176. The molecule has 0 radical (unpaired) electrons. The Balaban J connectivity index is 1.87. The predicted molar refractivity (Wildman–Crippen MR) is 54.3 cm³/mol. The minimum atomic E-state index is -4.65. The molecule has 0 bridgehead atoms. The van der Waals surface area contributed by atoms with Crippen LogP contribution in [0.5, 0.6) is 0 Å². The van der Waals surface area contributed by atoms with Gasteiger partial charge in [-0.05, 0) is 18.8 Å². The van der Waals surface area contributed by atoms with E-state index in [1.807, 2.05) is 0 Å². The lowest BCUT2D eigenvalue weighted by atomic mass is 10.0. The van der Waals surface area contributed by atoms with Gasteiger partial charge in [-0.1, -0.05) is 0 Å². The predicted octanol–water partition coefficient (Wildman–Crippen LogP) is 2.42. The maximum absolute atomic E-state index is 13.0. The molecule has 2 atom stereocenters. The van der Waals surface area contributed by atoms with Crippen molar-refractivity contribution in [2.45, 2.75) is 43.4 Å². The number of likely N-dealkylation sites (tertiary alicyclic amines) is 1. The van der Waals surface area contributed by atoms with Gasteiger partial charge in [0.1, 0.15) is 0 Å². The molecule has 1 saturated heterocycles. The molecule has 1 N–H and O–H groups in total. The molecule has 0 spiro atoms. The molecular weight excluding hydrogens is 257 g/mol. The second-order valence-electron chi connectivity index (χ2n) is 5.48. The first-order chi connectivity index (χ1) is 8.11. The Hall–Kier alpha value is -0.430. The van der Waals surface area contributed by atoms with Crippen LogP contribution in [0.3, 0.4) is 0 Å². The zero-order valence-electron chi connectivity index (χ0n) is 9.81. The first-order valence-corrected chi connectivity index (χ1v) is 6.01. The highest BCUT2D eigenvalue weighted by molar-refractivity contribution is 4.97. The number of nitrogens with zero attached hydrogens (tertiary/aromatic N) is 1. The molecular formula is C11H16F5NO. The molecule has 1 aliphatic heterocycles. The maximum atomic E-state index is 13.0. The maximum Gasteiger partial charge on any atom is 0.418 e. The normalized spacial score (nSPS) is 37.3. The van der Waals surface area contributed by atoms with Crippen molar-refractivity contribution in [1.29, 1.82) is 0 Å². The van der Waals surface area contributed by atoms with Crippen molar-refractivity contribution >= 4 is 0 Å². The molecule has 7 heteroatoms. The Morgan fingerprint density at radius 1 is 1.22 bits per heavy atom. The van der Waals surface area contributed by atoms with E-state index in [0.29, 0.717) is 6.42 Å². The minimum absolute atomic E-state index is 0.109. The lowest BCUT2D eigenvalue weighted by molar-refractivity contribution is -0.254. The fraction of sp³-hybridized carbons (Fsp3) is 1.00. The highest BCUT2D eigenvalue weighted by Crippen LogP contribution is 2.41. The van der Waals surface area contributed by atoms with Gasteiger partial charge in [0, 0.05) is 32.5 Å². The van der Waals surface area contributed by atoms with Gasteiger partial charge in [-0.3, -0.25) is 4.90 Å². The van der Waals surface area contributed by atoms with E-state index in [-0.39, 0.29) is 38.3 Å². The van der Waals surface area contributed by atoms with Crippen LogP contribution in [0.2, 0.25) is 0 Å². The van der Waals surface area contributed by atoms with Gasteiger partial charge < -0.3 is 5.11 Å². The van der Waals surface area contributed by atoms with Crippen LogP contribution >= 0.6 is 0 Å². The average molecular weight is 273 g/mol. The Morgan fingerprint density at radius 3 is 2.33 bits per heavy atom. The van der Waals surface area contributed by atoms with Crippen LogP contribution in [-0.2, 0) is 0 Å². The largest absolute Gasteiger partial charge is 0.418 e. The van der Waals surface area contributed by atoms with Crippen molar-refractivity contribution in [1.82, 2.24) is 4.90 Å². The number of alkyl halides is 5. The van der Waals surface area contributed by atoms with E-state index in [2.05, 4.69) is 0 Å². The van der Waals surface area contributed by atoms with Crippen molar-refractivity contribution in [3.63, 3.8) is 0 Å². The Bertz CT molecular complexity index is 319. The van der Waals surface area contributed by atoms with Crippen molar-refractivity contribution in [2.75, 3.05) is 19.6 Å². The lowest BCUT2D eigenvalue weighted by Crippen LogP contribution is -2.47. The summed E-state index contributed by atoms with van der Waals surface area (Å²) in [7, 11) is 0. The molecule has 0 amide bonds. The van der Waals surface area contributed by atoms with Crippen molar-refractivity contribution in [2.24, 2.45) is 5.92 Å². The average Bonchev–Trinajstić information content (AvgIpc) is 2.71. The van der Waals surface area contributed by atoms with Crippen molar-refractivity contribution in [3.05, 3.63) is 0 Å². The molecule has 2 unspecified atom stereocenters. The molecule has 2 rings (SSSR count). The number of aliphatic hydroxyl groups is 1. The van der Waals surface area contributed by atoms with E-state index in [9.17, 15) is 27.1 Å². The summed E-state index contributed by atoms with van der Waals surface area (Å²) >= 11 is 0. The van der Waals surface area contributed by atoms with Crippen molar-refractivity contribution < 1.29 is 27.1 Å². The van der Waals surface area contributed by atoms with Gasteiger partial charge in [-0.25, -0.2) is 8.78 Å². The smallest absolute Gasteiger partial charge is 0.379 e. The molecule has 0 aromatic rings. The summed E-state index contributed by atoms with van der Waals surface area (Å²) in [6.07, 6.45) is -5.13. The minimum Gasteiger partial charge on any atom is -0.379 e. The number of halogens is 5. The molecule has 1 aliphatic carbocycles. The van der Waals surface area contributed by atoms with Gasteiger partial charge in [0.25, 0.3) is 0 Å². The molecule has 1 heterocycles. The highest BCUT2D eigenvalue weighted by Gasteiger charge is 2.57. The number of hydrogen-bond donors (Lipinski definition) is 1. The Labute approximate surface area is 102 Å². The molecule has 2 fully saturated rings. The van der Waals surface area contributed by atoms with Crippen LogP contribution < -0.4 is 0 Å². The van der Waals surface area contributed by atoms with Gasteiger partial charge in [0.2, 0.25) is 5.92 Å². The Morgan fingerprint density at radius 2 is 1.89 bits per heavy atom. The van der Waals surface area contributed by atoms with Crippen molar-refractivity contribution in [3.8, 4) is 0 Å². The molecule has 0 aromatic heterocycles. The molecule has 2 aliphatic rings. The quantitative estimate of drug-likeness (QED) is 0.781. The molecule has 0 aromatic carbocycles. The number of β-amino-alcohol motifs (C(OH)–C–C–N with tert-alkyl or cyclic N) is 1. The second-order valence-corrected chi connectivity index (χ2v) is 5.48. The van der Waals surface area contributed by atoms with Gasteiger partial charge in [0.15, 0.2) is 5.60 Å². The summed E-state index contributed by atoms with van der Waals surface area (Å²) in [5, 5.41) is 9.46. The van der Waals surface area contributed by atoms with Crippen LogP contribution in [0.15, 0.2) is 0 Å². The zero-order chi connectivity index (χ0) is 13.6. The van der Waals surface area contributed by atoms with Crippen LogP contribution in [0, 0.1) is 5.92 Å². The molecule has 18 heavy (non-hydrogen) atoms. The third-order valence-corrected chi connectivity index (χ3v) is 3.88. The first kappa shape index (κ1) is 14.0. The monoisotopic (exact) mass is 273 g/mol. The third kappa shape index (κ3) is 2.77. The van der Waals surface area contributed by atoms with Gasteiger partial charge in [0.05, 0.1) is 0 Å². The number of rotatable bonds is 2. The van der Waals surface area contributed by atoms with Gasteiger partial charge >= 0.3 is 6.18 Å². The van der Waals surface area contributed by atoms with E-state index in [0.717, 1.165) is 0 Å². The van der Waals surface area contributed by atoms with Gasteiger partial charge in [-0.15, -0.1) is 0 Å². The standard InChI is InChI=1S/C11H16F5NO/c12-10(13)2-1-8(5-10)6-17-4-3-9(18,7-17)11(14,15)16/h8,18H,1-7H2. The fourth-order valence-corrected chi connectivity index (χ4v) is 2.82. The summed E-state index contributed by atoms with van der Waals surface area (Å²) in [6, 6.07) is 0. The lowest BCUT2D eigenvalue weighted by Gasteiger charge is -2.27. The molecule has 106 valence electrons. The van der Waals surface area contributed by atoms with E-state index in [1.54, 1.807) is 0 Å². The zero-order valence-corrected chi connectivity index (χ0v) is 9.81. The van der Waals surface area contributed by atoms with Crippen LogP contribution in [0.4, 0.5) is 22.0 Å². The highest BCUT2D eigenvalue weighted by atomic mass is 19.4. The first-order valence-electron chi connectivity index (χ1n) is 6.01. The summed E-state index contributed by atoms with van der Waals surface area (Å²) in [5.41, 5.74) is -2.67. The van der Waals surface area contributed by atoms with Crippen LogP contribution in [-0.4, -0.2) is 47.3 Å². The topological polar surface area (TPSA) is 23.5 Å². The summed E-state index contributed by atoms with van der Waals surface area (Å²) in [4.78, 5) is 1.44. The SMILES string of the molecule is OC1(C(F)(F)F)CCN(CC2CCC(F)(F)C2)C1. The second kappa shape index (κ2) is 4.30. The summed E-state index contributed by atoms with van der Waals surface area (Å²) < 4.78 is 63.6. The van der Waals surface area contributed by atoms with E-state index < -0.39 is 24.2 Å². The van der Waals surface area contributed by atoms with Crippen LogP contribution in [0.1, 0.15) is 25.7 Å². The van der Waals surface area contributed by atoms with E-state index >= 15 is 0 Å². The molecule has 2 nitrogen and oxygen atoms in total. The van der Waals surface area contributed by atoms with E-state index in [1.165, 1.54) is 4.90 Å². The van der Waals surface area contributed by atoms with E-state index in [4.69, 9.17) is 0 Å². The summed E-state index contributed by atoms with van der Waals surface area (Å²) in [5.74, 6) is -2.94. The van der Waals surface area contributed by atoms with Crippen LogP contribution in [0.25, 0.3) is 0 Å². The number of hydrogen-bond acceptors (Lipinski definition) is 2. The Kier molecular flexibility index (Phi) is 3.34. The third-order valence-electron chi connectivity index (χ3n) is 3.88. The fourth-order valence-electron chi connectivity index (χ4n) is 2.82. The molecule has 1 saturated carbocycles.